The van der Waals surface area contributed by atoms with Gasteiger partial charge in [-0.3, -0.25) is 9.36 Å². The van der Waals surface area contributed by atoms with Crippen LogP contribution in [0, 0.1) is 11.8 Å². The number of benzene rings is 1. The number of rotatable bonds is 4. The van der Waals surface area contributed by atoms with E-state index in [2.05, 4.69) is 25.5 Å². The van der Waals surface area contributed by atoms with E-state index in [4.69, 9.17) is 16.6 Å². The molecule has 0 aliphatic rings. The maximum Gasteiger partial charge on any atom is 0.284 e. The number of fused-ring (bicyclic) bond motifs is 1. The highest BCUT2D eigenvalue weighted by atomic mass is 32.1. The number of nitrogens with zero attached hydrogens (tertiary/aromatic N) is 6. The molecule has 3 aromatic heterocycles. The van der Waals surface area contributed by atoms with Crippen molar-refractivity contribution in [2.24, 2.45) is 0 Å². The second kappa shape index (κ2) is 6.06. The van der Waals surface area contributed by atoms with Crippen molar-refractivity contribution in [1.29, 1.82) is 0 Å². The zero-order valence-corrected chi connectivity index (χ0v) is 14.0. The first-order chi connectivity index (χ1) is 12.1. The minimum atomic E-state index is -0.147. The molecule has 1 N–H and O–H groups in total. The summed E-state index contributed by atoms with van der Waals surface area (Å²) in [6, 6.07) is 7.50. The van der Waals surface area contributed by atoms with Crippen LogP contribution in [0.2, 0.25) is 0 Å². The van der Waals surface area contributed by atoms with Gasteiger partial charge in [-0.15, -0.1) is 10.2 Å². The molecular formula is C15H13N7O2S. The summed E-state index contributed by atoms with van der Waals surface area (Å²) in [6.07, 6.45) is 1.74. The zero-order chi connectivity index (χ0) is 17.4. The van der Waals surface area contributed by atoms with E-state index >= 15 is 0 Å². The van der Waals surface area contributed by atoms with E-state index in [1.54, 1.807) is 22.4 Å². The van der Waals surface area contributed by atoms with Gasteiger partial charge in [0.25, 0.3) is 10.4 Å². The average Bonchev–Trinajstić information content (AvgIpc) is 3.21. The molecule has 4 aromatic rings. The largest absolute Gasteiger partial charge is 0.412 e. The summed E-state index contributed by atoms with van der Waals surface area (Å²) in [6.45, 7) is 2.30. The van der Waals surface area contributed by atoms with Gasteiger partial charge in [-0.2, -0.15) is 0 Å². The van der Waals surface area contributed by atoms with Gasteiger partial charge in [0, 0.05) is 0 Å². The Morgan fingerprint density at radius 3 is 2.92 bits per heavy atom. The van der Waals surface area contributed by atoms with E-state index in [9.17, 15) is 4.79 Å². The van der Waals surface area contributed by atoms with Crippen molar-refractivity contribution in [3.63, 3.8) is 0 Å². The Morgan fingerprint density at radius 1 is 1.28 bits per heavy atom. The van der Waals surface area contributed by atoms with Crippen LogP contribution >= 0.6 is 12.2 Å². The van der Waals surface area contributed by atoms with Gasteiger partial charge in [0.1, 0.15) is 17.9 Å². The lowest BCUT2D eigenvalue weighted by atomic mass is 10.2. The number of aromatic amines is 1. The van der Waals surface area contributed by atoms with E-state index in [0.29, 0.717) is 30.4 Å². The molecule has 25 heavy (non-hydrogen) atoms. The van der Waals surface area contributed by atoms with Gasteiger partial charge >= 0.3 is 0 Å². The van der Waals surface area contributed by atoms with Crippen LogP contribution in [0.25, 0.3) is 11.0 Å². The Kier molecular flexibility index (Phi) is 3.73. The van der Waals surface area contributed by atoms with Crippen molar-refractivity contribution in [2.45, 2.75) is 20.0 Å². The lowest BCUT2D eigenvalue weighted by Crippen LogP contribution is -2.24. The number of aromatic nitrogens is 7. The number of nitrogens with one attached hydrogen (secondary N) is 1. The molecule has 0 atom stereocenters. The van der Waals surface area contributed by atoms with Gasteiger partial charge in [-0.05, 0) is 31.3 Å². The maximum absolute atomic E-state index is 12.5. The minimum Gasteiger partial charge on any atom is -0.412 e. The fraction of sp³-hybridized carbons (Fsp3) is 0.200. The molecule has 0 fully saturated rings. The molecule has 0 saturated heterocycles. The van der Waals surface area contributed by atoms with Crippen LogP contribution in [0.3, 0.4) is 0 Å². The van der Waals surface area contributed by atoms with Crippen LogP contribution in [0.1, 0.15) is 17.3 Å². The van der Waals surface area contributed by atoms with Crippen LogP contribution in [0.5, 0.6) is 0 Å². The third-order valence-electron chi connectivity index (χ3n) is 3.70. The molecule has 0 aliphatic heterocycles. The molecule has 0 radical (unpaired) electrons. The zero-order valence-electron chi connectivity index (χ0n) is 13.2. The number of para-hydroxylation sites is 2. The van der Waals surface area contributed by atoms with E-state index in [0.717, 1.165) is 11.0 Å². The van der Waals surface area contributed by atoms with Gasteiger partial charge in [0.05, 0.1) is 23.8 Å². The standard InChI is InChI=1S/C15H13N7O2S/c1-9-14(23)22(12-5-3-2-4-11(12)16-9)7-10-6-21(20-17-10)8-13-18-19-15(25)24-13/h2-6H,7-8H2,1H3,(H,19,25). The van der Waals surface area contributed by atoms with Crippen molar-refractivity contribution < 1.29 is 4.42 Å². The predicted octanol–water partition coefficient (Wildman–Crippen LogP) is 1.44. The summed E-state index contributed by atoms with van der Waals surface area (Å²) < 4.78 is 8.42. The monoisotopic (exact) mass is 355 g/mol. The van der Waals surface area contributed by atoms with Crippen LogP contribution in [-0.2, 0) is 13.1 Å². The Bertz CT molecular complexity index is 1170. The smallest absolute Gasteiger partial charge is 0.284 e. The maximum atomic E-state index is 12.5. The minimum absolute atomic E-state index is 0.147. The number of H-pyrrole nitrogens is 1. The molecule has 126 valence electrons. The van der Waals surface area contributed by atoms with Gasteiger partial charge in [-0.25, -0.2) is 14.8 Å². The average molecular weight is 355 g/mol. The summed E-state index contributed by atoms with van der Waals surface area (Å²) in [5.41, 5.74) is 2.46. The summed E-state index contributed by atoms with van der Waals surface area (Å²) in [4.78, 5) is 17.0. The van der Waals surface area contributed by atoms with Crippen molar-refractivity contribution in [3.05, 3.63) is 62.9 Å². The second-order valence-electron chi connectivity index (χ2n) is 5.49. The first kappa shape index (κ1) is 15.4. The van der Waals surface area contributed by atoms with Crippen LogP contribution < -0.4 is 5.56 Å². The van der Waals surface area contributed by atoms with Crippen molar-refractivity contribution in [2.75, 3.05) is 0 Å². The van der Waals surface area contributed by atoms with Gasteiger partial charge in [0.2, 0.25) is 5.89 Å². The first-order valence-corrected chi connectivity index (χ1v) is 7.90. The van der Waals surface area contributed by atoms with Crippen molar-refractivity contribution in [1.82, 2.24) is 34.7 Å². The topological polar surface area (TPSA) is 107 Å². The second-order valence-corrected chi connectivity index (χ2v) is 5.86. The highest BCUT2D eigenvalue weighted by Gasteiger charge is 2.11. The normalized spacial score (nSPS) is 11.2. The molecule has 0 spiro atoms. The number of hydrogen-bond acceptors (Lipinski definition) is 7. The Labute approximate surface area is 145 Å². The molecule has 9 nitrogen and oxygen atoms in total. The molecule has 0 amide bonds. The molecule has 4 rings (SSSR count). The highest BCUT2D eigenvalue weighted by Crippen LogP contribution is 2.11. The van der Waals surface area contributed by atoms with Crippen molar-refractivity contribution >= 4 is 23.3 Å². The highest BCUT2D eigenvalue weighted by molar-refractivity contribution is 7.71. The van der Waals surface area contributed by atoms with Gasteiger partial charge in [0.15, 0.2) is 0 Å². The molecule has 1 aromatic carbocycles. The third kappa shape index (κ3) is 2.98. The molecule has 0 unspecified atom stereocenters. The lowest BCUT2D eigenvalue weighted by molar-refractivity contribution is 0.450. The third-order valence-corrected chi connectivity index (χ3v) is 3.88. The summed E-state index contributed by atoms with van der Waals surface area (Å²) >= 11 is 4.84. The Balaban J connectivity index is 1.67. The molecule has 0 aliphatic carbocycles. The van der Waals surface area contributed by atoms with Crippen molar-refractivity contribution in [3.8, 4) is 0 Å². The quantitative estimate of drug-likeness (QED) is 0.552. The first-order valence-electron chi connectivity index (χ1n) is 7.50. The molecular weight excluding hydrogens is 342 g/mol. The SMILES string of the molecule is Cc1nc2ccccc2n(Cc2cn(Cc3n[nH]c(=S)o3)nn2)c1=O. The number of hydrogen-bond donors (Lipinski definition) is 1. The van der Waals surface area contributed by atoms with Crippen LogP contribution in [-0.4, -0.2) is 34.7 Å². The van der Waals surface area contributed by atoms with E-state index in [-0.39, 0.29) is 10.4 Å². The summed E-state index contributed by atoms with van der Waals surface area (Å²) in [5, 5.41) is 14.6. The predicted molar refractivity (Wildman–Crippen MR) is 90.7 cm³/mol. The molecule has 0 saturated carbocycles. The summed E-state index contributed by atoms with van der Waals surface area (Å²) in [7, 11) is 0. The fourth-order valence-corrected chi connectivity index (χ4v) is 2.74. The van der Waals surface area contributed by atoms with Gasteiger partial charge in [-0.1, -0.05) is 17.3 Å². The summed E-state index contributed by atoms with van der Waals surface area (Å²) in [5.74, 6) is 0.406. The lowest BCUT2D eigenvalue weighted by Gasteiger charge is -2.09. The number of aryl methyl sites for hydroxylation is 1. The molecule has 3 heterocycles. The van der Waals surface area contributed by atoms with Crippen LogP contribution in [0.4, 0.5) is 0 Å². The van der Waals surface area contributed by atoms with E-state index in [1.165, 1.54) is 0 Å². The fourth-order valence-electron chi connectivity index (χ4n) is 2.59. The van der Waals surface area contributed by atoms with Gasteiger partial charge < -0.3 is 4.42 Å². The van der Waals surface area contributed by atoms with Crippen LogP contribution in [0.15, 0.2) is 39.7 Å². The van der Waals surface area contributed by atoms with E-state index in [1.807, 2.05) is 24.3 Å². The van der Waals surface area contributed by atoms with E-state index < -0.39 is 0 Å². The Hall–Kier alpha value is -3.14. The molecule has 0 bridgehead atoms. The Morgan fingerprint density at radius 2 is 2.12 bits per heavy atom. The molecule has 10 heteroatoms.